The second-order valence-electron chi connectivity index (χ2n) is 9.00. The van der Waals surface area contributed by atoms with Crippen molar-refractivity contribution in [1.29, 1.82) is 0 Å². The number of amides is 3. The minimum atomic E-state index is -0.694. The Labute approximate surface area is 214 Å². The minimum Gasteiger partial charge on any atom is -0.494 e. The van der Waals surface area contributed by atoms with E-state index in [-0.39, 0.29) is 41.4 Å². The number of likely N-dealkylation sites (tertiary alicyclic amines) is 1. The lowest BCUT2D eigenvalue weighted by Crippen LogP contribution is -2.47. The van der Waals surface area contributed by atoms with Crippen LogP contribution in [0.5, 0.6) is 5.75 Å². The number of Topliss-reactive ketones (excluding diaryl/α,β-unsaturated/α-hetero) is 1. The maximum Gasteiger partial charge on any atom is 0.338 e. The zero-order valence-corrected chi connectivity index (χ0v) is 20.6. The van der Waals surface area contributed by atoms with E-state index in [9.17, 15) is 24.0 Å². The second kappa shape index (κ2) is 11.3. The lowest BCUT2D eigenvalue weighted by Gasteiger charge is -2.33. The highest BCUT2D eigenvalue weighted by Gasteiger charge is 2.43. The van der Waals surface area contributed by atoms with Gasteiger partial charge in [0.15, 0.2) is 12.4 Å². The third kappa shape index (κ3) is 5.86. The molecule has 10 heteroatoms. The van der Waals surface area contributed by atoms with E-state index in [1.54, 1.807) is 24.3 Å². The summed E-state index contributed by atoms with van der Waals surface area (Å²) in [5, 5.41) is 0. The maximum atomic E-state index is 13.1. The van der Waals surface area contributed by atoms with E-state index < -0.39 is 18.6 Å². The summed E-state index contributed by atoms with van der Waals surface area (Å²) in [5.41, 5.74) is 6.32. The van der Waals surface area contributed by atoms with Gasteiger partial charge in [-0.1, -0.05) is 0 Å². The number of ketones is 1. The Morgan fingerprint density at radius 3 is 2.16 bits per heavy atom. The number of benzene rings is 2. The lowest BCUT2D eigenvalue weighted by atomic mass is 9.95. The van der Waals surface area contributed by atoms with Crippen LogP contribution in [0.4, 0.5) is 5.69 Å². The van der Waals surface area contributed by atoms with Crippen LogP contribution in [0.2, 0.25) is 0 Å². The fourth-order valence-corrected chi connectivity index (χ4v) is 4.62. The number of ether oxygens (including phenoxy) is 2. The second-order valence-corrected chi connectivity index (χ2v) is 9.00. The predicted octanol–water partition coefficient (Wildman–Crippen LogP) is 1.95. The Bertz CT molecular complexity index is 1190. The number of rotatable bonds is 9. The number of hydrogen-bond donors (Lipinski definition) is 1. The number of carbonyl (C=O) groups excluding carboxylic acids is 5. The van der Waals surface area contributed by atoms with Gasteiger partial charge >= 0.3 is 5.97 Å². The van der Waals surface area contributed by atoms with Crippen LogP contribution < -0.4 is 15.4 Å². The van der Waals surface area contributed by atoms with Crippen molar-refractivity contribution in [2.24, 2.45) is 11.7 Å². The molecule has 2 fully saturated rings. The van der Waals surface area contributed by atoms with Crippen molar-refractivity contribution in [2.45, 2.75) is 32.2 Å². The fraction of sp³-hybridized carbons (Fsp3) is 0.370. The van der Waals surface area contributed by atoms with Gasteiger partial charge in [-0.05, 0) is 81.4 Å². The molecule has 2 aromatic carbocycles. The Balaban J connectivity index is 1.33. The molecule has 37 heavy (non-hydrogen) atoms. The number of carbonyl (C=O) groups is 5. The zero-order chi connectivity index (χ0) is 26.5. The molecular formula is C27H29N3O7. The standard InChI is InChI=1S/C27H29N3O7/c1-2-36-21-9-5-17(6-10-21)23(31)16-37-27(35)19-3-7-20(8-4-19)30-24(32)15-22(26(30)34)29-13-11-18(12-14-29)25(28)33/h3-10,18,22H,2,11-16H2,1H3,(H2,28,33). The summed E-state index contributed by atoms with van der Waals surface area (Å²) in [7, 11) is 0. The first-order valence-corrected chi connectivity index (χ1v) is 12.2. The van der Waals surface area contributed by atoms with Gasteiger partial charge in [-0.15, -0.1) is 0 Å². The number of primary amides is 1. The number of nitrogens with zero attached hydrogens (tertiary/aromatic N) is 2. The summed E-state index contributed by atoms with van der Waals surface area (Å²) in [6.45, 7) is 2.99. The predicted molar refractivity (Wildman–Crippen MR) is 133 cm³/mol. The zero-order valence-electron chi connectivity index (χ0n) is 20.6. The van der Waals surface area contributed by atoms with Crippen molar-refractivity contribution < 1.29 is 33.4 Å². The van der Waals surface area contributed by atoms with Gasteiger partial charge in [-0.25, -0.2) is 9.69 Å². The normalized spacial score (nSPS) is 18.6. The number of hydrogen-bond acceptors (Lipinski definition) is 8. The van der Waals surface area contributed by atoms with Gasteiger partial charge in [0.2, 0.25) is 11.8 Å². The van der Waals surface area contributed by atoms with Crippen LogP contribution in [0.15, 0.2) is 48.5 Å². The highest BCUT2D eigenvalue weighted by atomic mass is 16.5. The molecule has 2 N–H and O–H groups in total. The van der Waals surface area contributed by atoms with Crippen LogP contribution in [-0.4, -0.2) is 66.7 Å². The van der Waals surface area contributed by atoms with Crippen molar-refractivity contribution in [3.05, 3.63) is 59.7 Å². The minimum absolute atomic E-state index is 0.0531. The number of esters is 1. The van der Waals surface area contributed by atoms with Gasteiger partial charge in [0.25, 0.3) is 5.91 Å². The van der Waals surface area contributed by atoms with E-state index in [1.165, 1.54) is 24.3 Å². The van der Waals surface area contributed by atoms with Gasteiger partial charge in [-0.3, -0.25) is 24.1 Å². The Hall–Kier alpha value is -4.05. The van der Waals surface area contributed by atoms with Crippen molar-refractivity contribution in [3.63, 3.8) is 0 Å². The number of piperidine rings is 1. The number of anilines is 1. The van der Waals surface area contributed by atoms with Crippen molar-refractivity contribution >= 4 is 35.2 Å². The molecule has 0 radical (unpaired) electrons. The quantitative estimate of drug-likeness (QED) is 0.309. The number of imide groups is 1. The molecule has 2 heterocycles. The van der Waals surface area contributed by atoms with E-state index in [2.05, 4.69) is 0 Å². The molecule has 4 rings (SSSR count). The smallest absolute Gasteiger partial charge is 0.338 e. The molecule has 0 saturated carbocycles. The molecule has 0 aromatic heterocycles. The summed E-state index contributed by atoms with van der Waals surface area (Å²) >= 11 is 0. The lowest BCUT2D eigenvalue weighted by molar-refractivity contribution is -0.124. The molecule has 3 amide bonds. The molecule has 0 spiro atoms. The first kappa shape index (κ1) is 26.0. The molecule has 0 aliphatic carbocycles. The maximum absolute atomic E-state index is 13.1. The average Bonchev–Trinajstić information content (AvgIpc) is 3.21. The summed E-state index contributed by atoms with van der Waals surface area (Å²) in [6.07, 6.45) is 1.17. The summed E-state index contributed by atoms with van der Waals surface area (Å²) in [5.74, 6) is -1.61. The third-order valence-electron chi connectivity index (χ3n) is 6.68. The molecule has 2 saturated heterocycles. The van der Waals surface area contributed by atoms with Crippen LogP contribution in [0.25, 0.3) is 0 Å². The summed E-state index contributed by atoms with van der Waals surface area (Å²) in [4.78, 5) is 64.9. The first-order chi connectivity index (χ1) is 17.8. The molecule has 2 aliphatic heterocycles. The van der Waals surface area contributed by atoms with Crippen LogP contribution in [0, 0.1) is 5.92 Å². The van der Waals surface area contributed by atoms with E-state index >= 15 is 0 Å². The van der Waals surface area contributed by atoms with Crippen LogP contribution in [-0.2, 0) is 19.1 Å². The molecule has 0 bridgehead atoms. The summed E-state index contributed by atoms with van der Waals surface area (Å²) < 4.78 is 10.5. The Morgan fingerprint density at radius 1 is 0.946 bits per heavy atom. The molecular weight excluding hydrogens is 478 g/mol. The first-order valence-electron chi connectivity index (χ1n) is 12.2. The molecule has 1 unspecified atom stereocenters. The monoisotopic (exact) mass is 507 g/mol. The van der Waals surface area contributed by atoms with E-state index in [1.807, 2.05) is 11.8 Å². The Morgan fingerprint density at radius 2 is 1.57 bits per heavy atom. The largest absolute Gasteiger partial charge is 0.494 e. The van der Waals surface area contributed by atoms with E-state index in [0.29, 0.717) is 49.5 Å². The van der Waals surface area contributed by atoms with E-state index in [4.69, 9.17) is 15.2 Å². The molecule has 2 aliphatic rings. The van der Waals surface area contributed by atoms with Crippen molar-refractivity contribution in [1.82, 2.24) is 4.90 Å². The molecule has 194 valence electrons. The topological polar surface area (TPSA) is 136 Å². The van der Waals surface area contributed by atoms with Crippen LogP contribution in [0.3, 0.4) is 0 Å². The summed E-state index contributed by atoms with van der Waals surface area (Å²) in [6, 6.07) is 11.9. The van der Waals surface area contributed by atoms with Crippen LogP contribution >= 0.6 is 0 Å². The number of nitrogens with two attached hydrogens (primary N) is 1. The van der Waals surface area contributed by atoms with Crippen LogP contribution in [0.1, 0.15) is 46.9 Å². The van der Waals surface area contributed by atoms with Gasteiger partial charge in [0, 0.05) is 11.5 Å². The van der Waals surface area contributed by atoms with Gasteiger partial charge < -0.3 is 15.2 Å². The van der Waals surface area contributed by atoms with Gasteiger partial charge in [0.1, 0.15) is 5.75 Å². The highest BCUT2D eigenvalue weighted by molar-refractivity contribution is 6.22. The van der Waals surface area contributed by atoms with Gasteiger partial charge in [-0.2, -0.15) is 0 Å². The molecule has 10 nitrogen and oxygen atoms in total. The average molecular weight is 508 g/mol. The molecule has 2 aromatic rings. The Kier molecular flexibility index (Phi) is 7.98. The highest BCUT2D eigenvalue weighted by Crippen LogP contribution is 2.29. The van der Waals surface area contributed by atoms with Gasteiger partial charge in [0.05, 0.1) is 30.3 Å². The van der Waals surface area contributed by atoms with Crippen molar-refractivity contribution in [2.75, 3.05) is 31.2 Å². The molecule has 1 atom stereocenters. The van der Waals surface area contributed by atoms with E-state index in [0.717, 1.165) is 4.90 Å². The fourth-order valence-electron chi connectivity index (χ4n) is 4.62. The third-order valence-corrected chi connectivity index (χ3v) is 6.68. The SMILES string of the molecule is CCOc1ccc(C(=O)COC(=O)c2ccc(N3C(=O)CC(N4CCC(C(N)=O)CC4)C3=O)cc2)cc1. The van der Waals surface area contributed by atoms with Crippen molar-refractivity contribution in [3.8, 4) is 5.75 Å².